The Balaban J connectivity index is 2.47. The molecule has 6 heteroatoms. The number of carboxylic acid groups (broad SMARTS) is 1. The number of rotatable bonds is 9. The third-order valence-electron chi connectivity index (χ3n) is 5.52. The highest BCUT2D eigenvalue weighted by molar-refractivity contribution is 6.99. The molecular weight excluding hydrogens is 394 g/mol. The summed E-state index contributed by atoms with van der Waals surface area (Å²) in [5, 5.41) is 21.7. The summed E-state index contributed by atoms with van der Waals surface area (Å²) in [7, 11) is -2.79. The van der Waals surface area contributed by atoms with Crippen molar-refractivity contribution in [2.24, 2.45) is 0 Å². The van der Waals surface area contributed by atoms with Crippen LogP contribution in [0, 0.1) is 0 Å². The van der Waals surface area contributed by atoms with Gasteiger partial charge >= 0.3 is 6.09 Å². The van der Waals surface area contributed by atoms with E-state index in [1.807, 2.05) is 50.2 Å². The average Bonchev–Trinajstić information content (AvgIpc) is 2.70. The topological polar surface area (TPSA) is 70.0 Å². The number of benzene rings is 2. The standard InChI is InChI=1S/C24H35NO4Si/c1-19(2)25(23(27)28)17-16-20(18-26)29-30(24(3,4)5,21-12-8-6-9-13-21)22-14-10-7-11-15-22/h6-15,19-20,26H,16-18H2,1-5H3,(H,27,28)/t20-/m0/s1. The highest BCUT2D eigenvalue weighted by Crippen LogP contribution is 2.37. The number of aliphatic hydroxyl groups excluding tert-OH is 1. The minimum atomic E-state index is -2.79. The fourth-order valence-corrected chi connectivity index (χ4v) is 8.69. The molecule has 1 amide bonds. The smallest absolute Gasteiger partial charge is 0.407 e. The fourth-order valence-electron chi connectivity index (χ4n) is 3.99. The van der Waals surface area contributed by atoms with Crippen molar-refractivity contribution in [3.8, 4) is 0 Å². The van der Waals surface area contributed by atoms with Gasteiger partial charge in [0.25, 0.3) is 8.32 Å². The summed E-state index contributed by atoms with van der Waals surface area (Å²) in [5.74, 6) is 0. The largest absolute Gasteiger partial charge is 0.465 e. The second-order valence-corrected chi connectivity index (χ2v) is 13.2. The maximum Gasteiger partial charge on any atom is 0.407 e. The van der Waals surface area contributed by atoms with Crippen molar-refractivity contribution in [2.45, 2.75) is 58.2 Å². The summed E-state index contributed by atoms with van der Waals surface area (Å²) in [6.45, 7) is 10.4. The molecule has 0 spiro atoms. The van der Waals surface area contributed by atoms with Crippen molar-refractivity contribution >= 4 is 24.8 Å². The lowest BCUT2D eigenvalue weighted by Gasteiger charge is -2.45. The van der Waals surface area contributed by atoms with Crippen molar-refractivity contribution < 1.29 is 19.4 Å². The zero-order valence-electron chi connectivity index (χ0n) is 18.7. The monoisotopic (exact) mass is 429 g/mol. The molecule has 0 fully saturated rings. The molecule has 164 valence electrons. The van der Waals surface area contributed by atoms with E-state index < -0.39 is 20.5 Å². The third-order valence-corrected chi connectivity index (χ3v) is 10.6. The van der Waals surface area contributed by atoms with E-state index >= 15 is 0 Å². The average molecular weight is 430 g/mol. The van der Waals surface area contributed by atoms with Crippen LogP contribution in [-0.2, 0) is 4.43 Å². The van der Waals surface area contributed by atoms with Gasteiger partial charge in [-0.15, -0.1) is 0 Å². The van der Waals surface area contributed by atoms with E-state index in [0.717, 1.165) is 10.4 Å². The zero-order valence-corrected chi connectivity index (χ0v) is 19.7. The summed E-state index contributed by atoms with van der Waals surface area (Å²) in [6.07, 6.45) is -0.977. The highest BCUT2D eigenvalue weighted by atomic mass is 28.4. The predicted molar refractivity (Wildman–Crippen MR) is 124 cm³/mol. The number of carbonyl (C=O) groups is 1. The van der Waals surface area contributed by atoms with E-state index in [1.54, 1.807) is 0 Å². The van der Waals surface area contributed by atoms with Crippen LogP contribution in [0.25, 0.3) is 0 Å². The lowest BCUT2D eigenvalue weighted by atomic mass is 10.2. The molecule has 0 heterocycles. The lowest BCUT2D eigenvalue weighted by Crippen LogP contribution is -2.68. The fraction of sp³-hybridized carbons (Fsp3) is 0.458. The van der Waals surface area contributed by atoms with Crippen LogP contribution in [0.4, 0.5) is 4.79 Å². The van der Waals surface area contributed by atoms with E-state index in [2.05, 4.69) is 45.0 Å². The molecule has 0 aliphatic carbocycles. The molecule has 2 rings (SSSR count). The summed E-state index contributed by atoms with van der Waals surface area (Å²) in [5.41, 5.74) is 0. The molecule has 0 unspecified atom stereocenters. The molecule has 2 aromatic carbocycles. The SMILES string of the molecule is CC(C)N(CC[C@@H](CO)O[Si](c1ccccc1)(c1ccccc1)C(C)(C)C)C(=O)O. The van der Waals surface area contributed by atoms with Crippen molar-refractivity contribution in [2.75, 3.05) is 13.2 Å². The number of aliphatic hydroxyl groups is 1. The molecule has 0 aromatic heterocycles. The summed E-state index contributed by atoms with van der Waals surface area (Å²) < 4.78 is 6.90. The Morgan fingerprint density at radius 1 is 1.00 bits per heavy atom. The first kappa shape index (κ1) is 24.1. The number of amides is 1. The lowest BCUT2D eigenvalue weighted by molar-refractivity contribution is 0.0802. The molecule has 2 N–H and O–H groups in total. The quantitative estimate of drug-likeness (QED) is 0.596. The molecule has 1 atom stereocenters. The van der Waals surface area contributed by atoms with Gasteiger partial charge in [0.05, 0.1) is 12.7 Å². The molecule has 0 bridgehead atoms. The van der Waals surface area contributed by atoms with Crippen LogP contribution in [0.2, 0.25) is 5.04 Å². The summed E-state index contributed by atoms with van der Waals surface area (Å²) in [4.78, 5) is 12.9. The van der Waals surface area contributed by atoms with Crippen molar-refractivity contribution in [3.63, 3.8) is 0 Å². The van der Waals surface area contributed by atoms with E-state index in [4.69, 9.17) is 4.43 Å². The molecule has 0 aliphatic heterocycles. The maximum absolute atomic E-state index is 11.6. The third kappa shape index (κ3) is 5.30. The number of hydrogen-bond donors (Lipinski definition) is 2. The number of nitrogens with zero attached hydrogens (tertiary/aromatic N) is 1. The minimum Gasteiger partial charge on any atom is -0.465 e. The van der Waals surface area contributed by atoms with Crippen molar-refractivity contribution in [1.29, 1.82) is 0 Å². The first-order valence-electron chi connectivity index (χ1n) is 10.5. The summed E-state index contributed by atoms with van der Waals surface area (Å²) in [6, 6.07) is 20.4. The van der Waals surface area contributed by atoms with Gasteiger partial charge in [0.1, 0.15) is 0 Å². The minimum absolute atomic E-state index is 0.130. The van der Waals surface area contributed by atoms with Crippen LogP contribution >= 0.6 is 0 Å². The number of hydrogen-bond acceptors (Lipinski definition) is 3. The van der Waals surface area contributed by atoms with Crippen LogP contribution in [0.15, 0.2) is 60.7 Å². The second-order valence-electron chi connectivity index (χ2n) is 8.94. The Morgan fingerprint density at radius 3 is 1.80 bits per heavy atom. The Hall–Kier alpha value is -2.15. The molecule has 0 radical (unpaired) electrons. The second kappa shape index (κ2) is 10.2. The van der Waals surface area contributed by atoms with Gasteiger partial charge in [-0.05, 0) is 35.7 Å². The van der Waals surface area contributed by atoms with Crippen LogP contribution in [0.5, 0.6) is 0 Å². The van der Waals surface area contributed by atoms with Gasteiger partial charge in [-0.3, -0.25) is 0 Å². The molecule has 2 aromatic rings. The van der Waals surface area contributed by atoms with Gasteiger partial charge in [-0.1, -0.05) is 81.4 Å². The Bertz CT molecular complexity index is 750. The molecular formula is C24H35NO4Si. The van der Waals surface area contributed by atoms with E-state index in [1.165, 1.54) is 4.90 Å². The molecule has 0 saturated heterocycles. The summed E-state index contributed by atoms with van der Waals surface area (Å²) >= 11 is 0. The van der Waals surface area contributed by atoms with Crippen LogP contribution < -0.4 is 10.4 Å². The molecule has 0 aliphatic rings. The van der Waals surface area contributed by atoms with Crippen LogP contribution in [0.3, 0.4) is 0 Å². The van der Waals surface area contributed by atoms with E-state index in [-0.39, 0.29) is 17.7 Å². The highest BCUT2D eigenvalue weighted by Gasteiger charge is 2.51. The van der Waals surface area contributed by atoms with Crippen molar-refractivity contribution in [1.82, 2.24) is 4.90 Å². The molecule has 5 nitrogen and oxygen atoms in total. The van der Waals surface area contributed by atoms with Crippen LogP contribution in [-0.4, -0.2) is 54.8 Å². The van der Waals surface area contributed by atoms with E-state index in [0.29, 0.717) is 13.0 Å². The van der Waals surface area contributed by atoms with Gasteiger partial charge < -0.3 is 19.5 Å². The first-order valence-corrected chi connectivity index (χ1v) is 12.4. The Kier molecular flexibility index (Phi) is 8.23. The van der Waals surface area contributed by atoms with Crippen molar-refractivity contribution in [3.05, 3.63) is 60.7 Å². The molecule has 0 saturated carbocycles. The van der Waals surface area contributed by atoms with Gasteiger partial charge in [0.2, 0.25) is 0 Å². The van der Waals surface area contributed by atoms with Crippen LogP contribution in [0.1, 0.15) is 41.0 Å². The Labute approximate surface area is 181 Å². The van der Waals surface area contributed by atoms with E-state index in [9.17, 15) is 15.0 Å². The van der Waals surface area contributed by atoms with Gasteiger partial charge in [-0.2, -0.15) is 0 Å². The van der Waals surface area contributed by atoms with Gasteiger partial charge in [0, 0.05) is 12.6 Å². The predicted octanol–water partition coefficient (Wildman–Crippen LogP) is 3.70. The molecule has 30 heavy (non-hydrogen) atoms. The first-order chi connectivity index (χ1) is 14.1. The van der Waals surface area contributed by atoms with Gasteiger partial charge in [-0.25, -0.2) is 4.79 Å². The Morgan fingerprint density at radius 2 is 1.47 bits per heavy atom. The van der Waals surface area contributed by atoms with Gasteiger partial charge in [0.15, 0.2) is 0 Å². The normalized spacial score (nSPS) is 13.3. The maximum atomic E-state index is 11.6. The zero-order chi connectivity index (χ0) is 22.4.